The van der Waals surface area contributed by atoms with Gasteiger partial charge >= 0.3 is 0 Å². The van der Waals surface area contributed by atoms with E-state index in [9.17, 15) is 0 Å². The fraction of sp³-hybridized carbons (Fsp3) is 0.0909. The average Bonchev–Trinajstić information content (AvgIpc) is 2.75. The van der Waals surface area contributed by atoms with Gasteiger partial charge in [-0.1, -0.05) is 12.1 Å². The van der Waals surface area contributed by atoms with Gasteiger partial charge in [-0.05, 0) is 12.1 Å². The molecule has 2 aromatic rings. The third-order valence-corrected chi connectivity index (χ3v) is 2.52. The Morgan fingerprint density at radius 3 is 2.81 bits per heavy atom. The average molecular weight is 213 g/mol. The van der Waals surface area contributed by atoms with Gasteiger partial charge in [0.15, 0.2) is 0 Å². The van der Waals surface area contributed by atoms with Crippen molar-refractivity contribution in [3.63, 3.8) is 0 Å². The molecular weight excluding hydrogens is 202 g/mol. The summed E-state index contributed by atoms with van der Waals surface area (Å²) >= 11 is 0. The Morgan fingerprint density at radius 1 is 1.25 bits per heavy atom. The molecule has 80 valence electrons. The zero-order valence-electron chi connectivity index (χ0n) is 8.59. The highest BCUT2D eigenvalue weighted by Crippen LogP contribution is 2.16. The minimum absolute atomic E-state index is 0.684. The van der Waals surface area contributed by atoms with Crippen LogP contribution in [0.1, 0.15) is 5.69 Å². The molecule has 5 nitrogen and oxygen atoms in total. The van der Waals surface area contributed by atoms with E-state index in [0.29, 0.717) is 6.54 Å². The molecule has 3 rings (SSSR count). The Morgan fingerprint density at radius 2 is 2.06 bits per heavy atom. The quantitative estimate of drug-likeness (QED) is 0.681. The van der Waals surface area contributed by atoms with Gasteiger partial charge in [0.05, 0.1) is 22.9 Å². The Balaban J connectivity index is 2.09. The number of nitrogens with zero attached hydrogens (tertiary/aromatic N) is 3. The number of hydrogen-bond acceptors (Lipinski definition) is 5. The molecule has 5 heteroatoms. The number of benzene rings is 1. The van der Waals surface area contributed by atoms with Gasteiger partial charge in [0.1, 0.15) is 0 Å². The van der Waals surface area contributed by atoms with Crippen LogP contribution in [0, 0.1) is 0 Å². The van der Waals surface area contributed by atoms with Crippen LogP contribution < -0.4 is 11.3 Å². The van der Waals surface area contributed by atoms with Crippen LogP contribution in [0.3, 0.4) is 0 Å². The number of hydrogen-bond donors (Lipinski definition) is 2. The molecule has 1 aliphatic heterocycles. The van der Waals surface area contributed by atoms with Crippen LogP contribution in [-0.2, 0) is 0 Å². The molecular formula is C11H11N5. The molecule has 0 unspecified atom stereocenters. The number of nitrogens with two attached hydrogens (primary N) is 1. The summed E-state index contributed by atoms with van der Waals surface area (Å²) in [7, 11) is 0. The van der Waals surface area contributed by atoms with Crippen molar-refractivity contribution in [1.29, 1.82) is 0 Å². The SMILES string of the molecule is NN1C=C(c2cnc3ccccc3n2)CN1. The summed E-state index contributed by atoms with van der Waals surface area (Å²) in [5.41, 5.74) is 6.67. The van der Waals surface area contributed by atoms with Crippen molar-refractivity contribution in [1.82, 2.24) is 20.5 Å². The maximum absolute atomic E-state index is 5.57. The maximum Gasteiger partial charge on any atom is 0.0894 e. The van der Waals surface area contributed by atoms with Crippen molar-refractivity contribution in [2.45, 2.75) is 0 Å². The second-order valence-corrected chi connectivity index (χ2v) is 3.64. The lowest BCUT2D eigenvalue weighted by atomic mass is 10.2. The maximum atomic E-state index is 5.57. The van der Waals surface area contributed by atoms with Gasteiger partial charge in [-0.2, -0.15) is 0 Å². The van der Waals surface area contributed by atoms with E-state index >= 15 is 0 Å². The summed E-state index contributed by atoms with van der Waals surface area (Å²) in [6.07, 6.45) is 3.59. The molecule has 0 spiro atoms. The van der Waals surface area contributed by atoms with Gasteiger partial charge in [-0.3, -0.25) is 10.1 Å². The largest absolute Gasteiger partial charge is 0.252 e. The first-order valence-electron chi connectivity index (χ1n) is 5.03. The Labute approximate surface area is 92.5 Å². The van der Waals surface area contributed by atoms with E-state index in [-0.39, 0.29) is 0 Å². The standard InChI is InChI=1S/C11H11N5/c12-16-7-8(5-14-16)11-6-13-9-3-1-2-4-10(9)15-11/h1-4,6-7,14H,5,12H2. The second-order valence-electron chi connectivity index (χ2n) is 3.64. The van der Waals surface area contributed by atoms with Gasteiger partial charge in [0.2, 0.25) is 0 Å². The van der Waals surface area contributed by atoms with Crippen LogP contribution in [0.25, 0.3) is 16.6 Å². The van der Waals surface area contributed by atoms with Crippen LogP contribution in [0.4, 0.5) is 0 Å². The number of para-hydroxylation sites is 2. The van der Waals surface area contributed by atoms with E-state index in [1.54, 1.807) is 6.20 Å². The molecule has 0 fully saturated rings. The lowest BCUT2D eigenvalue weighted by Crippen LogP contribution is -2.34. The molecule has 0 aliphatic carbocycles. The molecule has 1 aromatic heterocycles. The number of rotatable bonds is 1. The molecule has 0 radical (unpaired) electrons. The van der Waals surface area contributed by atoms with Crippen LogP contribution >= 0.6 is 0 Å². The molecule has 16 heavy (non-hydrogen) atoms. The van der Waals surface area contributed by atoms with E-state index in [2.05, 4.69) is 15.4 Å². The molecule has 3 N–H and O–H groups in total. The van der Waals surface area contributed by atoms with Crippen molar-refractivity contribution in [3.8, 4) is 0 Å². The van der Waals surface area contributed by atoms with Crippen molar-refractivity contribution >= 4 is 16.6 Å². The minimum Gasteiger partial charge on any atom is -0.252 e. The smallest absolute Gasteiger partial charge is 0.0894 e. The highest BCUT2D eigenvalue weighted by Gasteiger charge is 2.12. The molecule has 0 atom stereocenters. The number of aromatic nitrogens is 2. The van der Waals surface area contributed by atoms with Crippen LogP contribution in [0.2, 0.25) is 0 Å². The summed E-state index contributed by atoms with van der Waals surface area (Å²) in [5.74, 6) is 5.57. The van der Waals surface area contributed by atoms with E-state index in [0.717, 1.165) is 22.3 Å². The molecule has 2 heterocycles. The zero-order chi connectivity index (χ0) is 11.0. The highest BCUT2D eigenvalue weighted by molar-refractivity contribution is 5.76. The fourth-order valence-corrected chi connectivity index (χ4v) is 1.70. The Hall–Kier alpha value is -1.98. The molecule has 0 saturated carbocycles. The first kappa shape index (κ1) is 9.26. The minimum atomic E-state index is 0.684. The topological polar surface area (TPSA) is 67.1 Å². The first-order valence-corrected chi connectivity index (χ1v) is 5.03. The molecule has 0 saturated heterocycles. The van der Waals surface area contributed by atoms with Gasteiger partial charge in [0.25, 0.3) is 0 Å². The summed E-state index contributed by atoms with van der Waals surface area (Å²) in [6, 6.07) is 7.81. The van der Waals surface area contributed by atoms with Crippen LogP contribution in [0.15, 0.2) is 36.7 Å². The number of fused-ring (bicyclic) bond motifs is 1. The number of nitrogens with one attached hydrogen (secondary N) is 1. The monoisotopic (exact) mass is 213 g/mol. The highest BCUT2D eigenvalue weighted by atomic mass is 15.7. The summed E-state index contributed by atoms with van der Waals surface area (Å²) in [6.45, 7) is 0.684. The van der Waals surface area contributed by atoms with Crippen LogP contribution in [-0.4, -0.2) is 21.6 Å². The number of hydrazine groups is 2. The van der Waals surface area contributed by atoms with Gasteiger partial charge < -0.3 is 0 Å². The third-order valence-electron chi connectivity index (χ3n) is 2.52. The summed E-state index contributed by atoms with van der Waals surface area (Å²) in [5, 5.41) is 1.44. The van der Waals surface area contributed by atoms with Crippen molar-refractivity contribution in [2.24, 2.45) is 5.84 Å². The predicted molar refractivity (Wildman–Crippen MR) is 61.5 cm³/mol. The van der Waals surface area contributed by atoms with Crippen molar-refractivity contribution in [2.75, 3.05) is 6.54 Å². The van der Waals surface area contributed by atoms with Gasteiger partial charge in [-0.25, -0.2) is 16.3 Å². The van der Waals surface area contributed by atoms with Crippen molar-refractivity contribution in [3.05, 3.63) is 42.4 Å². The molecule has 0 amide bonds. The van der Waals surface area contributed by atoms with E-state index in [4.69, 9.17) is 5.84 Å². The fourth-order valence-electron chi connectivity index (χ4n) is 1.70. The lowest BCUT2D eigenvalue weighted by molar-refractivity contribution is 0.319. The van der Waals surface area contributed by atoms with Crippen molar-refractivity contribution < 1.29 is 0 Å². The zero-order valence-corrected chi connectivity index (χ0v) is 8.59. The second kappa shape index (κ2) is 3.55. The van der Waals surface area contributed by atoms with Gasteiger partial charge in [-0.15, -0.1) is 0 Å². The van der Waals surface area contributed by atoms with E-state index in [1.807, 2.05) is 30.5 Å². The molecule has 1 aromatic carbocycles. The van der Waals surface area contributed by atoms with E-state index < -0.39 is 0 Å². The van der Waals surface area contributed by atoms with E-state index in [1.165, 1.54) is 5.12 Å². The summed E-state index contributed by atoms with van der Waals surface area (Å²) in [4.78, 5) is 8.90. The predicted octanol–water partition coefficient (Wildman–Crippen LogP) is 0.665. The lowest BCUT2D eigenvalue weighted by Gasteiger charge is -2.03. The first-order chi connectivity index (χ1) is 7.83. The summed E-state index contributed by atoms with van der Waals surface area (Å²) < 4.78 is 0. The molecule has 0 bridgehead atoms. The molecule has 1 aliphatic rings. The normalized spacial score (nSPS) is 15.6. The Bertz CT molecular complexity index is 563. The van der Waals surface area contributed by atoms with Gasteiger partial charge in [0, 0.05) is 18.3 Å². The third kappa shape index (κ3) is 1.52. The Kier molecular flexibility index (Phi) is 2.05. The van der Waals surface area contributed by atoms with Crippen LogP contribution in [0.5, 0.6) is 0 Å².